The first-order chi connectivity index (χ1) is 20.9. The molecule has 8 heteroatoms. The second-order valence-electron chi connectivity index (χ2n) is 11.4. The van der Waals surface area contributed by atoms with Crippen LogP contribution in [-0.2, 0) is 4.74 Å². The number of carbonyl (C=O) groups excluding carboxylic acids is 1. The summed E-state index contributed by atoms with van der Waals surface area (Å²) in [6.45, 7) is 4.29. The van der Waals surface area contributed by atoms with Crippen molar-refractivity contribution in [2.75, 3.05) is 45.3 Å². The predicted molar refractivity (Wildman–Crippen MR) is 168 cm³/mol. The highest BCUT2D eigenvalue weighted by atomic mass is 19.2. The number of hydrogen-bond donors (Lipinski definition) is 2. The van der Waals surface area contributed by atoms with Gasteiger partial charge in [-0.05, 0) is 56.0 Å². The van der Waals surface area contributed by atoms with Crippen LogP contribution in [0.1, 0.15) is 68.1 Å². The summed E-state index contributed by atoms with van der Waals surface area (Å²) in [5.74, 6) is -4.06. The molecule has 0 radical (unpaired) electrons. The third kappa shape index (κ3) is 9.76. The van der Waals surface area contributed by atoms with Gasteiger partial charge in [0.15, 0.2) is 11.6 Å². The van der Waals surface area contributed by atoms with Gasteiger partial charge in [0.25, 0.3) is 5.91 Å². The smallest absolute Gasteiger partial charge is 0.256 e. The molecule has 0 aromatic heterocycles. The molecule has 1 aliphatic heterocycles. The molecule has 0 atom stereocenters. The van der Waals surface area contributed by atoms with Crippen molar-refractivity contribution in [2.24, 2.45) is 0 Å². The molecule has 6 nitrogen and oxygen atoms in total. The summed E-state index contributed by atoms with van der Waals surface area (Å²) in [5, 5.41) is 12.7. The molecule has 1 amide bonds. The summed E-state index contributed by atoms with van der Waals surface area (Å²) in [4.78, 5) is 16.4. The van der Waals surface area contributed by atoms with Crippen LogP contribution >= 0.6 is 0 Å². The number of aromatic hydroxyl groups is 1. The summed E-state index contributed by atoms with van der Waals surface area (Å²) >= 11 is 0. The number of phenols is 1. The number of nitrogens with one attached hydrogen (secondary N) is 1. The van der Waals surface area contributed by atoms with Crippen LogP contribution < -0.4 is 5.32 Å². The van der Waals surface area contributed by atoms with Crippen LogP contribution in [0.3, 0.4) is 0 Å². The van der Waals surface area contributed by atoms with Gasteiger partial charge >= 0.3 is 0 Å². The number of likely N-dealkylation sites (tertiary alicyclic amines) is 1. The normalized spacial score (nSPS) is 14.1. The number of rotatable bonds is 16. The number of amides is 1. The van der Waals surface area contributed by atoms with Gasteiger partial charge in [-0.1, -0.05) is 80.6 Å². The van der Waals surface area contributed by atoms with Crippen LogP contribution in [0.25, 0.3) is 11.1 Å². The van der Waals surface area contributed by atoms with Crippen LogP contribution in [0.2, 0.25) is 0 Å². The molecule has 0 spiro atoms. The van der Waals surface area contributed by atoms with E-state index in [9.17, 15) is 18.7 Å². The summed E-state index contributed by atoms with van der Waals surface area (Å²) in [6.07, 6.45) is 10.1. The summed E-state index contributed by atoms with van der Waals surface area (Å²) in [5.41, 5.74) is 3.12. The molecule has 1 heterocycles. The minimum absolute atomic E-state index is 0.295. The number of unbranched alkanes of at least 4 members (excludes halogenated alkanes) is 6. The molecule has 2 N–H and O–H groups in total. The topological polar surface area (TPSA) is 65.0 Å². The maximum absolute atomic E-state index is 14.0. The molecule has 0 bridgehead atoms. The van der Waals surface area contributed by atoms with E-state index in [1.807, 2.05) is 12.1 Å². The summed E-state index contributed by atoms with van der Waals surface area (Å²) in [7, 11) is 1.59. The molecule has 3 aromatic rings. The van der Waals surface area contributed by atoms with Gasteiger partial charge in [-0.3, -0.25) is 4.79 Å². The van der Waals surface area contributed by atoms with Crippen molar-refractivity contribution in [3.05, 3.63) is 83.9 Å². The first-order valence-electron chi connectivity index (χ1n) is 15.6. The number of halogens is 2. The van der Waals surface area contributed by atoms with Crippen molar-refractivity contribution in [3.8, 4) is 16.9 Å². The first-order valence-corrected chi connectivity index (χ1v) is 15.6. The van der Waals surface area contributed by atoms with Crippen molar-refractivity contribution >= 4 is 11.6 Å². The molecule has 3 aromatic carbocycles. The second kappa shape index (κ2) is 17.0. The Bertz CT molecular complexity index is 1280. The van der Waals surface area contributed by atoms with Crippen molar-refractivity contribution in [3.63, 3.8) is 0 Å². The van der Waals surface area contributed by atoms with Gasteiger partial charge in [0.05, 0.1) is 11.7 Å². The summed E-state index contributed by atoms with van der Waals surface area (Å²) in [6, 6.07) is 20.9. The monoisotopic (exact) mass is 593 g/mol. The second-order valence-corrected chi connectivity index (χ2v) is 11.4. The van der Waals surface area contributed by atoms with E-state index in [0.29, 0.717) is 19.4 Å². The minimum atomic E-state index is -1.39. The number of nitrogens with zero attached hydrogens (tertiary/aromatic N) is 2. The lowest BCUT2D eigenvalue weighted by Crippen LogP contribution is -2.38. The number of para-hydroxylation sites is 1. The van der Waals surface area contributed by atoms with Crippen LogP contribution in [0, 0.1) is 11.6 Å². The Hall–Kier alpha value is -3.49. The molecule has 1 aliphatic rings. The van der Waals surface area contributed by atoms with Crippen molar-refractivity contribution < 1.29 is 23.4 Å². The van der Waals surface area contributed by atoms with E-state index < -0.39 is 23.3 Å². The lowest BCUT2D eigenvalue weighted by atomic mass is 10.0. The fourth-order valence-corrected chi connectivity index (χ4v) is 5.62. The first kappa shape index (κ1) is 32.4. The van der Waals surface area contributed by atoms with E-state index in [1.54, 1.807) is 7.05 Å². The highest BCUT2D eigenvalue weighted by molar-refractivity contribution is 5.94. The highest BCUT2D eigenvalue weighted by Gasteiger charge is 2.21. The SMILES string of the molecule is CN(CCCCCCCCCN1CCC(OCNc2ccccc2-c2ccccc2)CC1)C(=O)c1ccc(O)c(F)c1F. The molecule has 4 rings (SSSR count). The Morgan fingerprint density at radius 3 is 2.28 bits per heavy atom. The van der Waals surface area contributed by atoms with Crippen LogP contribution in [0.4, 0.5) is 14.5 Å². The van der Waals surface area contributed by atoms with Gasteiger partial charge in [0.2, 0.25) is 5.82 Å². The average Bonchev–Trinajstić information content (AvgIpc) is 3.04. The molecule has 1 saturated heterocycles. The predicted octanol–water partition coefficient (Wildman–Crippen LogP) is 7.69. The number of benzene rings is 3. The van der Waals surface area contributed by atoms with Gasteiger partial charge in [-0.15, -0.1) is 0 Å². The lowest BCUT2D eigenvalue weighted by molar-refractivity contribution is 0.0165. The molecule has 1 fully saturated rings. The lowest BCUT2D eigenvalue weighted by Gasteiger charge is -2.32. The Morgan fingerprint density at radius 2 is 1.53 bits per heavy atom. The van der Waals surface area contributed by atoms with E-state index in [1.165, 1.54) is 35.3 Å². The Labute approximate surface area is 254 Å². The fourth-order valence-electron chi connectivity index (χ4n) is 5.62. The molecule has 0 aliphatic carbocycles. The molecule has 0 unspecified atom stereocenters. The van der Waals surface area contributed by atoms with E-state index in [0.717, 1.165) is 76.0 Å². The number of ether oxygens (including phenoxy) is 1. The van der Waals surface area contributed by atoms with Crippen molar-refractivity contribution in [1.29, 1.82) is 0 Å². The minimum Gasteiger partial charge on any atom is -0.505 e. The van der Waals surface area contributed by atoms with E-state index >= 15 is 0 Å². The molecular formula is C35H45F2N3O3. The number of hydrogen-bond acceptors (Lipinski definition) is 5. The van der Waals surface area contributed by atoms with E-state index in [4.69, 9.17) is 4.74 Å². The van der Waals surface area contributed by atoms with Crippen molar-refractivity contribution in [2.45, 2.75) is 63.9 Å². The third-order valence-corrected chi connectivity index (χ3v) is 8.24. The van der Waals surface area contributed by atoms with Crippen LogP contribution in [0.5, 0.6) is 5.75 Å². The van der Waals surface area contributed by atoms with E-state index in [-0.39, 0.29) is 5.56 Å². The molecule has 232 valence electrons. The zero-order chi connectivity index (χ0) is 30.4. The highest BCUT2D eigenvalue weighted by Crippen LogP contribution is 2.28. The van der Waals surface area contributed by atoms with Crippen LogP contribution in [0.15, 0.2) is 66.7 Å². The molecular weight excluding hydrogens is 548 g/mol. The van der Waals surface area contributed by atoms with E-state index in [2.05, 4.69) is 52.7 Å². The van der Waals surface area contributed by atoms with Gasteiger partial charge in [0, 0.05) is 37.9 Å². The van der Waals surface area contributed by atoms with Gasteiger partial charge in [-0.2, -0.15) is 4.39 Å². The molecule has 43 heavy (non-hydrogen) atoms. The van der Waals surface area contributed by atoms with Crippen LogP contribution in [-0.4, -0.2) is 66.9 Å². The third-order valence-electron chi connectivity index (χ3n) is 8.24. The zero-order valence-electron chi connectivity index (χ0n) is 25.2. The number of anilines is 1. The number of carbonyl (C=O) groups is 1. The van der Waals surface area contributed by atoms with Crippen molar-refractivity contribution in [1.82, 2.24) is 9.80 Å². The average molecular weight is 594 g/mol. The molecule has 0 saturated carbocycles. The maximum atomic E-state index is 14.0. The fraction of sp³-hybridized carbons (Fsp3) is 0.457. The van der Waals surface area contributed by atoms with Gasteiger partial charge in [-0.25, -0.2) is 4.39 Å². The Morgan fingerprint density at radius 1 is 0.884 bits per heavy atom. The Balaban J connectivity index is 1.00. The van der Waals surface area contributed by atoms with Gasteiger partial charge in [0.1, 0.15) is 6.73 Å². The summed E-state index contributed by atoms with van der Waals surface area (Å²) < 4.78 is 33.7. The zero-order valence-corrected chi connectivity index (χ0v) is 25.2. The number of piperidine rings is 1. The largest absolute Gasteiger partial charge is 0.505 e. The maximum Gasteiger partial charge on any atom is 0.256 e. The number of phenolic OH excluding ortho intramolecular Hbond substituents is 1. The Kier molecular flexibility index (Phi) is 12.8. The quantitative estimate of drug-likeness (QED) is 0.132. The standard InChI is InChI=1S/C35H45F2N3O3/c1-39(35(42)30-18-19-32(41)34(37)33(30)36)22-12-5-3-2-4-6-13-23-40-24-20-28(21-25-40)43-26-38-31-17-11-10-16-29(31)27-14-8-7-9-15-27/h7-11,14-19,28,38,41H,2-6,12-13,20-26H2,1H3. The van der Waals surface area contributed by atoms with Gasteiger partial charge < -0.3 is 25.0 Å².